The van der Waals surface area contributed by atoms with Crippen LogP contribution in [0.2, 0.25) is 0 Å². The molecule has 0 saturated heterocycles. The summed E-state index contributed by atoms with van der Waals surface area (Å²) in [5, 5.41) is 6.74. The minimum Gasteiger partial charge on any atom is -0.366 e. The third-order valence-electron chi connectivity index (χ3n) is 4.16. The second kappa shape index (κ2) is 7.63. The maximum Gasteiger partial charge on any atom is 0.250 e. The molecular weight excluding hydrogens is 352 g/mol. The van der Waals surface area contributed by atoms with Gasteiger partial charge in [0, 0.05) is 23.6 Å². The van der Waals surface area contributed by atoms with E-state index >= 15 is 0 Å². The monoisotopic (exact) mass is 371 g/mol. The molecule has 8 heteroatoms. The van der Waals surface area contributed by atoms with Crippen LogP contribution in [0.15, 0.2) is 36.4 Å². The smallest absolute Gasteiger partial charge is 0.250 e. The summed E-state index contributed by atoms with van der Waals surface area (Å²) in [6.45, 7) is 2.05. The number of fused-ring (bicyclic) bond motifs is 1. The van der Waals surface area contributed by atoms with Gasteiger partial charge in [-0.1, -0.05) is 12.1 Å². The molecule has 0 unspecified atom stereocenters. The fraction of sp³-hybridized carbons (Fsp3) is 0.211. The van der Waals surface area contributed by atoms with Gasteiger partial charge in [-0.05, 0) is 32.2 Å². The molecular formula is C19H19F2N5O. The summed E-state index contributed by atoms with van der Waals surface area (Å²) in [5.74, 6) is -1.03. The third-order valence-corrected chi connectivity index (χ3v) is 4.16. The number of rotatable bonds is 6. The van der Waals surface area contributed by atoms with Crippen LogP contribution in [0.25, 0.3) is 10.9 Å². The van der Waals surface area contributed by atoms with Crippen molar-refractivity contribution in [3.05, 3.63) is 65.0 Å². The Bertz CT molecular complexity index is 1010. The molecule has 0 saturated carbocycles. The second-order valence-corrected chi connectivity index (χ2v) is 6.11. The number of amides is 1. The van der Waals surface area contributed by atoms with Crippen LogP contribution in [0.1, 0.15) is 27.8 Å². The molecule has 0 aliphatic rings. The van der Waals surface area contributed by atoms with Gasteiger partial charge in [-0.15, -0.1) is 0 Å². The molecule has 27 heavy (non-hydrogen) atoms. The number of carbonyl (C=O) groups excluding carboxylic acids is 1. The van der Waals surface area contributed by atoms with E-state index in [-0.39, 0.29) is 5.56 Å². The van der Waals surface area contributed by atoms with Gasteiger partial charge in [-0.3, -0.25) is 4.79 Å². The van der Waals surface area contributed by atoms with E-state index in [0.717, 1.165) is 6.07 Å². The van der Waals surface area contributed by atoms with E-state index in [1.54, 1.807) is 32.2 Å². The number of hydrogen-bond acceptors (Lipinski definition) is 5. The Balaban J connectivity index is 2.10. The van der Waals surface area contributed by atoms with E-state index in [0.29, 0.717) is 34.7 Å². The fourth-order valence-corrected chi connectivity index (χ4v) is 2.96. The molecule has 0 fully saturated rings. The predicted molar refractivity (Wildman–Crippen MR) is 99.4 cm³/mol. The van der Waals surface area contributed by atoms with Gasteiger partial charge in [-0.25, -0.2) is 18.7 Å². The van der Waals surface area contributed by atoms with Gasteiger partial charge in [0.1, 0.15) is 23.3 Å². The molecule has 3 rings (SSSR count). The normalized spacial score (nSPS) is 12.1. The topological polar surface area (TPSA) is 92.9 Å². The van der Waals surface area contributed by atoms with Crippen LogP contribution in [-0.4, -0.2) is 29.5 Å². The summed E-state index contributed by atoms with van der Waals surface area (Å²) in [6.07, 6.45) is 0. The number of nitrogens with zero attached hydrogens (tertiary/aromatic N) is 2. The van der Waals surface area contributed by atoms with E-state index in [1.807, 2.05) is 0 Å². The van der Waals surface area contributed by atoms with Gasteiger partial charge in [0.05, 0.1) is 17.1 Å². The molecule has 1 heterocycles. The highest BCUT2D eigenvalue weighted by molar-refractivity contribution is 6.07. The summed E-state index contributed by atoms with van der Waals surface area (Å²) in [4.78, 5) is 20.4. The minimum atomic E-state index is -0.657. The number of halogens is 2. The van der Waals surface area contributed by atoms with Gasteiger partial charge in [0.2, 0.25) is 0 Å². The molecule has 140 valence electrons. The summed E-state index contributed by atoms with van der Waals surface area (Å²) in [6, 6.07) is 7.94. The molecule has 1 aromatic heterocycles. The number of aromatic nitrogens is 2. The lowest BCUT2D eigenvalue weighted by Crippen LogP contribution is -2.25. The number of nitrogens with two attached hydrogens (primary N) is 1. The van der Waals surface area contributed by atoms with E-state index in [9.17, 15) is 13.6 Å². The lowest BCUT2D eigenvalue weighted by molar-refractivity contribution is 0.100. The zero-order valence-corrected chi connectivity index (χ0v) is 14.9. The number of carbonyl (C=O) groups is 1. The standard InChI is InChI=1S/C19H19F2N5O/c1-10-24-17-13(18(22)27)4-3-5-14(17)19(25-10)26-16(9-23-2)12-7-6-11(20)8-15(12)21/h3-8,16,23H,9H2,1-2H3,(H2,22,27)(H,24,25,26)/t16-/m1/s1. The second-order valence-electron chi connectivity index (χ2n) is 6.11. The van der Waals surface area contributed by atoms with Crippen LogP contribution >= 0.6 is 0 Å². The van der Waals surface area contributed by atoms with E-state index in [2.05, 4.69) is 20.6 Å². The largest absolute Gasteiger partial charge is 0.366 e. The molecule has 0 aliphatic carbocycles. The predicted octanol–water partition coefficient (Wildman–Crippen LogP) is 2.69. The SMILES string of the molecule is CNC[C@@H](Nc1nc(C)nc2c(C(N)=O)cccc12)c1ccc(F)cc1F. The zero-order valence-electron chi connectivity index (χ0n) is 14.9. The number of likely N-dealkylation sites (N-methyl/N-ethyl adjacent to an activating group) is 1. The Kier molecular flexibility index (Phi) is 5.27. The molecule has 4 N–H and O–H groups in total. The average molecular weight is 371 g/mol. The highest BCUT2D eigenvalue weighted by Gasteiger charge is 2.19. The Morgan fingerprint density at radius 2 is 2.00 bits per heavy atom. The Labute approximate surface area is 154 Å². The van der Waals surface area contributed by atoms with Crippen molar-refractivity contribution >= 4 is 22.6 Å². The van der Waals surface area contributed by atoms with Crippen molar-refractivity contribution in [2.24, 2.45) is 5.73 Å². The van der Waals surface area contributed by atoms with Gasteiger partial charge >= 0.3 is 0 Å². The van der Waals surface area contributed by atoms with Crippen LogP contribution in [0.3, 0.4) is 0 Å². The number of para-hydroxylation sites is 1. The van der Waals surface area contributed by atoms with Crippen LogP contribution in [0.4, 0.5) is 14.6 Å². The maximum absolute atomic E-state index is 14.3. The molecule has 0 spiro atoms. The van der Waals surface area contributed by atoms with Crippen molar-refractivity contribution < 1.29 is 13.6 Å². The fourth-order valence-electron chi connectivity index (χ4n) is 2.96. The number of aryl methyl sites for hydroxylation is 1. The number of nitrogens with one attached hydrogen (secondary N) is 2. The van der Waals surface area contributed by atoms with Crippen LogP contribution in [-0.2, 0) is 0 Å². The molecule has 2 aromatic carbocycles. The lowest BCUT2D eigenvalue weighted by atomic mass is 10.0. The number of anilines is 1. The first kappa shape index (κ1) is 18.7. The van der Waals surface area contributed by atoms with Gasteiger partial charge in [-0.2, -0.15) is 0 Å². The van der Waals surface area contributed by atoms with Crippen LogP contribution in [0.5, 0.6) is 0 Å². The highest BCUT2D eigenvalue weighted by atomic mass is 19.1. The Hall–Kier alpha value is -3.13. The van der Waals surface area contributed by atoms with Crippen molar-refractivity contribution in [2.45, 2.75) is 13.0 Å². The zero-order chi connectivity index (χ0) is 19.6. The first-order valence-electron chi connectivity index (χ1n) is 8.34. The molecule has 1 amide bonds. The van der Waals surface area contributed by atoms with Crippen LogP contribution < -0.4 is 16.4 Å². The Morgan fingerprint density at radius 1 is 1.22 bits per heavy atom. The van der Waals surface area contributed by atoms with E-state index in [4.69, 9.17) is 5.73 Å². The molecule has 3 aromatic rings. The van der Waals surface area contributed by atoms with E-state index in [1.165, 1.54) is 12.1 Å². The summed E-state index contributed by atoms with van der Waals surface area (Å²) in [5.41, 5.74) is 6.43. The molecule has 1 atom stereocenters. The molecule has 6 nitrogen and oxygen atoms in total. The van der Waals surface area contributed by atoms with E-state index < -0.39 is 23.6 Å². The van der Waals surface area contributed by atoms with Gasteiger partial charge in [0.25, 0.3) is 5.91 Å². The molecule has 0 radical (unpaired) electrons. The molecule has 0 bridgehead atoms. The quantitative estimate of drug-likeness (QED) is 0.620. The number of hydrogen-bond donors (Lipinski definition) is 3. The lowest BCUT2D eigenvalue weighted by Gasteiger charge is -2.21. The summed E-state index contributed by atoms with van der Waals surface area (Å²) >= 11 is 0. The first-order valence-corrected chi connectivity index (χ1v) is 8.34. The Morgan fingerprint density at radius 3 is 2.67 bits per heavy atom. The van der Waals surface area contributed by atoms with Gasteiger partial charge < -0.3 is 16.4 Å². The average Bonchev–Trinajstić information content (AvgIpc) is 2.60. The van der Waals surface area contributed by atoms with Crippen molar-refractivity contribution in [2.75, 3.05) is 18.9 Å². The minimum absolute atomic E-state index is 0.277. The summed E-state index contributed by atoms with van der Waals surface area (Å²) < 4.78 is 27.6. The highest BCUT2D eigenvalue weighted by Crippen LogP contribution is 2.28. The van der Waals surface area contributed by atoms with Gasteiger partial charge in [0.15, 0.2) is 0 Å². The third kappa shape index (κ3) is 3.85. The maximum atomic E-state index is 14.3. The summed E-state index contributed by atoms with van der Waals surface area (Å²) in [7, 11) is 1.73. The van der Waals surface area contributed by atoms with Crippen molar-refractivity contribution in [3.8, 4) is 0 Å². The number of primary amides is 1. The van der Waals surface area contributed by atoms with Crippen molar-refractivity contribution in [3.63, 3.8) is 0 Å². The van der Waals surface area contributed by atoms with Crippen LogP contribution in [0, 0.1) is 18.6 Å². The van der Waals surface area contributed by atoms with Crippen molar-refractivity contribution in [1.82, 2.24) is 15.3 Å². The number of benzene rings is 2. The van der Waals surface area contributed by atoms with Crippen molar-refractivity contribution in [1.29, 1.82) is 0 Å². The molecule has 0 aliphatic heterocycles. The first-order chi connectivity index (χ1) is 12.9.